The maximum atomic E-state index is 13.6. The van der Waals surface area contributed by atoms with Crippen LogP contribution in [-0.4, -0.2) is 9.36 Å². The van der Waals surface area contributed by atoms with Crippen LogP contribution < -0.4 is 5.73 Å². The number of nitrogen functional groups attached to an aromatic ring is 1. The van der Waals surface area contributed by atoms with E-state index in [0.717, 1.165) is 11.5 Å². The number of benzene rings is 1. The number of aryl methyl sites for hydroxylation is 1. The third-order valence-corrected chi connectivity index (χ3v) is 2.69. The Morgan fingerprint density at radius 3 is 2.67 bits per heavy atom. The largest absolute Gasteiger partial charge is 0.367 e. The lowest BCUT2D eigenvalue weighted by atomic mass is 10.1. The van der Waals surface area contributed by atoms with E-state index in [1.165, 1.54) is 12.1 Å². The van der Waals surface area contributed by atoms with Crippen molar-refractivity contribution in [3.63, 3.8) is 0 Å². The zero-order chi connectivity index (χ0) is 11.0. The van der Waals surface area contributed by atoms with Crippen LogP contribution in [0.15, 0.2) is 12.1 Å². The molecule has 2 aromatic rings. The predicted octanol–water partition coefficient (Wildman–Crippen LogP) is 2.37. The summed E-state index contributed by atoms with van der Waals surface area (Å²) < 4.78 is 30.7. The molecule has 0 atom stereocenters. The second-order valence-electron chi connectivity index (χ2n) is 3.01. The fourth-order valence-electron chi connectivity index (χ4n) is 1.19. The number of rotatable bonds is 1. The Kier molecular flexibility index (Phi) is 2.36. The van der Waals surface area contributed by atoms with E-state index < -0.39 is 11.6 Å². The van der Waals surface area contributed by atoms with Gasteiger partial charge in [0.15, 0.2) is 5.01 Å². The Balaban J connectivity index is 2.66. The smallest absolute Gasteiger partial charge is 0.232 e. The molecule has 1 heterocycles. The van der Waals surface area contributed by atoms with Gasteiger partial charge in [-0.2, -0.15) is 9.36 Å². The molecule has 3 nitrogen and oxygen atoms in total. The normalized spacial score (nSPS) is 10.6. The first-order chi connectivity index (χ1) is 7.09. The number of hydrogen-bond acceptors (Lipinski definition) is 4. The summed E-state index contributed by atoms with van der Waals surface area (Å²) in [5.74, 6) is -1.25. The molecule has 2 N–H and O–H groups in total. The highest BCUT2D eigenvalue weighted by molar-refractivity contribution is 7.09. The Morgan fingerprint density at radius 1 is 1.33 bits per heavy atom. The standard InChI is InChI=1S/C9H7F2N3S/c1-4-2-3-5(10)6(7(4)11)8-13-9(12)14-15-8/h2-3H,1H3,(H2,12,14). The molecule has 6 heteroatoms. The van der Waals surface area contributed by atoms with Gasteiger partial charge in [0, 0.05) is 0 Å². The minimum absolute atomic E-state index is 0.0234. The van der Waals surface area contributed by atoms with E-state index >= 15 is 0 Å². The molecule has 1 aromatic heterocycles. The van der Waals surface area contributed by atoms with Crippen LogP contribution in [0.4, 0.5) is 14.7 Å². The number of halogens is 2. The predicted molar refractivity (Wildman–Crippen MR) is 54.4 cm³/mol. The summed E-state index contributed by atoms with van der Waals surface area (Å²) in [4.78, 5) is 3.75. The van der Waals surface area contributed by atoms with Crippen LogP contribution in [0.5, 0.6) is 0 Å². The maximum absolute atomic E-state index is 13.6. The molecular weight excluding hydrogens is 220 g/mol. The first-order valence-electron chi connectivity index (χ1n) is 4.13. The van der Waals surface area contributed by atoms with E-state index in [4.69, 9.17) is 5.73 Å². The second kappa shape index (κ2) is 3.54. The number of hydrogen-bond donors (Lipinski definition) is 1. The van der Waals surface area contributed by atoms with Crippen molar-refractivity contribution in [1.82, 2.24) is 9.36 Å². The first-order valence-corrected chi connectivity index (χ1v) is 4.91. The van der Waals surface area contributed by atoms with E-state index in [-0.39, 0.29) is 16.5 Å². The van der Waals surface area contributed by atoms with Crippen LogP contribution >= 0.6 is 11.5 Å². The fourth-order valence-corrected chi connectivity index (χ4v) is 1.82. The van der Waals surface area contributed by atoms with Crippen LogP contribution in [0.25, 0.3) is 10.6 Å². The van der Waals surface area contributed by atoms with Crippen LogP contribution in [-0.2, 0) is 0 Å². The molecule has 2 rings (SSSR count). The number of aromatic nitrogens is 2. The number of nitrogens with two attached hydrogens (primary N) is 1. The Hall–Kier alpha value is -1.56. The van der Waals surface area contributed by atoms with Gasteiger partial charge in [-0.25, -0.2) is 8.78 Å². The zero-order valence-corrected chi connectivity index (χ0v) is 8.61. The third-order valence-electron chi connectivity index (χ3n) is 1.94. The summed E-state index contributed by atoms with van der Waals surface area (Å²) in [7, 11) is 0. The van der Waals surface area contributed by atoms with Crippen molar-refractivity contribution in [2.24, 2.45) is 0 Å². The summed E-state index contributed by atoms with van der Waals surface area (Å²) in [6, 6.07) is 2.57. The average Bonchev–Trinajstić information content (AvgIpc) is 2.59. The van der Waals surface area contributed by atoms with Gasteiger partial charge in [0.2, 0.25) is 5.95 Å². The lowest BCUT2D eigenvalue weighted by Crippen LogP contribution is -1.93. The molecular formula is C9H7F2N3S. The molecule has 0 bridgehead atoms. The molecule has 0 aliphatic heterocycles. The van der Waals surface area contributed by atoms with Crippen molar-refractivity contribution in [2.45, 2.75) is 6.92 Å². The monoisotopic (exact) mass is 227 g/mol. The highest BCUT2D eigenvalue weighted by atomic mass is 32.1. The first kappa shape index (κ1) is 9.97. The molecule has 0 saturated carbocycles. The van der Waals surface area contributed by atoms with Crippen molar-refractivity contribution < 1.29 is 8.78 Å². The van der Waals surface area contributed by atoms with Crippen molar-refractivity contribution in [3.8, 4) is 10.6 Å². The van der Waals surface area contributed by atoms with E-state index in [1.54, 1.807) is 6.92 Å². The Labute approximate surface area is 88.7 Å². The molecule has 0 aliphatic carbocycles. The Bertz CT molecular complexity index is 510. The van der Waals surface area contributed by atoms with Gasteiger partial charge in [-0.1, -0.05) is 6.07 Å². The molecule has 15 heavy (non-hydrogen) atoms. The van der Waals surface area contributed by atoms with Gasteiger partial charge < -0.3 is 5.73 Å². The van der Waals surface area contributed by atoms with E-state index in [9.17, 15) is 8.78 Å². The lowest BCUT2D eigenvalue weighted by Gasteiger charge is -2.02. The van der Waals surface area contributed by atoms with Crippen LogP contribution in [0, 0.1) is 18.6 Å². The van der Waals surface area contributed by atoms with Gasteiger partial charge in [0.1, 0.15) is 11.6 Å². The van der Waals surface area contributed by atoms with Crippen molar-refractivity contribution in [1.29, 1.82) is 0 Å². The van der Waals surface area contributed by atoms with Gasteiger partial charge >= 0.3 is 0 Å². The zero-order valence-electron chi connectivity index (χ0n) is 7.79. The molecule has 0 radical (unpaired) electrons. The molecule has 1 aromatic carbocycles. The van der Waals surface area contributed by atoms with E-state index in [1.807, 2.05) is 0 Å². The maximum Gasteiger partial charge on any atom is 0.232 e. The number of anilines is 1. The van der Waals surface area contributed by atoms with Crippen LogP contribution in [0.1, 0.15) is 5.56 Å². The number of nitrogens with zero attached hydrogens (tertiary/aromatic N) is 2. The summed E-state index contributed by atoms with van der Waals surface area (Å²) in [5, 5.41) is 0.159. The fraction of sp³-hybridized carbons (Fsp3) is 0.111. The topological polar surface area (TPSA) is 51.8 Å². The summed E-state index contributed by atoms with van der Waals surface area (Å²) in [6.07, 6.45) is 0. The molecule has 0 saturated heterocycles. The van der Waals surface area contributed by atoms with Crippen LogP contribution in [0.2, 0.25) is 0 Å². The van der Waals surface area contributed by atoms with E-state index in [2.05, 4.69) is 9.36 Å². The van der Waals surface area contributed by atoms with Crippen molar-refractivity contribution >= 4 is 17.5 Å². The minimum atomic E-state index is -0.658. The van der Waals surface area contributed by atoms with Gasteiger partial charge in [-0.15, -0.1) is 0 Å². The quantitative estimate of drug-likeness (QED) is 0.813. The Morgan fingerprint density at radius 2 is 2.07 bits per heavy atom. The molecule has 0 unspecified atom stereocenters. The lowest BCUT2D eigenvalue weighted by molar-refractivity contribution is 0.583. The minimum Gasteiger partial charge on any atom is -0.367 e. The van der Waals surface area contributed by atoms with Gasteiger partial charge in [0.25, 0.3) is 0 Å². The molecule has 0 spiro atoms. The summed E-state index contributed by atoms with van der Waals surface area (Å²) >= 11 is 0.874. The highest BCUT2D eigenvalue weighted by Gasteiger charge is 2.16. The van der Waals surface area contributed by atoms with Crippen molar-refractivity contribution in [2.75, 3.05) is 5.73 Å². The molecule has 0 fully saturated rings. The van der Waals surface area contributed by atoms with Crippen LogP contribution in [0.3, 0.4) is 0 Å². The summed E-state index contributed by atoms with van der Waals surface area (Å²) in [5.41, 5.74) is 5.50. The highest BCUT2D eigenvalue weighted by Crippen LogP contribution is 2.29. The molecule has 0 amide bonds. The van der Waals surface area contributed by atoms with Crippen molar-refractivity contribution in [3.05, 3.63) is 29.3 Å². The third kappa shape index (κ3) is 1.68. The second-order valence-corrected chi connectivity index (χ2v) is 3.76. The van der Waals surface area contributed by atoms with Gasteiger partial charge in [-0.05, 0) is 30.1 Å². The molecule has 78 valence electrons. The SMILES string of the molecule is Cc1ccc(F)c(-c2nc(N)ns2)c1F. The van der Waals surface area contributed by atoms with Gasteiger partial charge in [-0.3, -0.25) is 0 Å². The molecule has 0 aliphatic rings. The average molecular weight is 227 g/mol. The van der Waals surface area contributed by atoms with Gasteiger partial charge in [0.05, 0.1) is 5.56 Å². The van der Waals surface area contributed by atoms with E-state index in [0.29, 0.717) is 5.56 Å². The summed E-state index contributed by atoms with van der Waals surface area (Å²) in [6.45, 7) is 1.56.